The first-order chi connectivity index (χ1) is 10.5. The quantitative estimate of drug-likeness (QED) is 0.737. The molecule has 22 heavy (non-hydrogen) atoms. The van der Waals surface area contributed by atoms with Crippen molar-refractivity contribution in [1.82, 2.24) is 5.32 Å². The lowest BCUT2D eigenvalue weighted by Crippen LogP contribution is -2.35. The number of carbonyl (C=O) groups is 3. The lowest BCUT2D eigenvalue weighted by Gasteiger charge is -2.24. The third-order valence-electron chi connectivity index (χ3n) is 3.74. The molecule has 2 atom stereocenters. The second kappa shape index (κ2) is 6.89. The molecule has 0 bridgehead atoms. The van der Waals surface area contributed by atoms with Crippen LogP contribution in [-0.2, 0) is 9.59 Å². The van der Waals surface area contributed by atoms with E-state index in [4.69, 9.17) is 0 Å². The molecule has 3 N–H and O–H groups in total. The van der Waals surface area contributed by atoms with Crippen molar-refractivity contribution in [2.24, 2.45) is 11.8 Å². The third-order valence-corrected chi connectivity index (χ3v) is 3.74. The molecule has 1 aliphatic carbocycles. The highest BCUT2D eigenvalue weighted by Crippen LogP contribution is 2.27. The van der Waals surface area contributed by atoms with Gasteiger partial charge < -0.3 is 15.7 Å². The second-order valence-corrected chi connectivity index (χ2v) is 5.11. The summed E-state index contributed by atoms with van der Waals surface area (Å²) in [7, 11) is 1.51. The predicted molar refractivity (Wildman–Crippen MR) is 81.5 cm³/mol. The smallest absolute Gasteiger partial charge is 0.307 e. The summed E-state index contributed by atoms with van der Waals surface area (Å²) in [6, 6.07) is 6.63. The molecule has 2 unspecified atom stereocenters. The van der Waals surface area contributed by atoms with Gasteiger partial charge in [0.15, 0.2) is 0 Å². The van der Waals surface area contributed by atoms with Gasteiger partial charge in [-0.3, -0.25) is 14.4 Å². The number of carboxylic acids is 1. The van der Waals surface area contributed by atoms with E-state index in [2.05, 4.69) is 10.6 Å². The first-order valence-corrected chi connectivity index (χ1v) is 7.04. The van der Waals surface area contributed by atoms with E-state index in [0.29, 0.717) is 24.1 Å². The zero-order chi connectivity index (χ0) is 16.1. The number of hydrogen-bond donors (Lipinski definition) is 3. The number of hydrogen-bond acceptors (Lipinski definition) is 3. The van der Waals surface area contributed by atoms with Crippen LogP contribution in [0.5, 0.6) is 0 Å². The van der Waals surface area contributed by atoms with Crippen molar-refractivity contribution in [2.45, 2.75) is 12.8 Å². The van der Waals surface area contributed by atoms with Gasteiger partial charge in [-0.05, 0) is 25.0 Å². The lowest BCUT2D eigenvalue weighted by molar-refractivity contribution is -0.146. The Morgan fingerprint density at radius 2 is 1.73 bits per heavy atom. The van der Waals surface area contributed by atoms with Gasteiger partial charge in [0.05, 0.1) is 23.1 Å². The van der Waals surface area contributed by atoms with Crippen molar-refractivity contribution < 1.29 is 19.5 Å². The zero-order valence-corrected chi connectivity index (χ0v) is 12.2. The maximum Gasteiger partial charge on any atom is 0.307 e. The normalized spacial score (nSPS) is 20.2. The van der Waals surface area contributed by atoms with Crippen molar-refractivity contribution in [3.63, 3.8) is 0 Å². The van der Waals surface area contributed by atoms with Gasteiger partial charge >= 0.3 is 5.97 Å². The number of para-hydroxylation sites is 1. The first kappa shape index (κ1) is 15.8. The van der Waals surface area contributed by atoms with Crippen molar-refractivity contribution in [1.29, 1.82) is 0 Å². The third kappa shape index (κ3) is 3.33. The summed E-state index contributed by atoms with van der Waals surface area (Å²) < 4.78 is 0. The first-order valence-electron chi connectivity index (χ1n) is 7.04. The van der Waals surface area contributed by atoms with Gasteiger partial charge in [0.1, 0.15) is 0 Å². The van der Waals surface area contributed by atoms with Crippen LogP contribution in [0.15, 0.2) is 36.4 Å². The number of benzene rings is 1. The van der Waals surface area contributed by atoms with Crippen LogP contribution in [-0.4, -0.2) is 29.9 Å². The Kier molecular flexibility index (Phi) is 4.93. The highest BCUT2D eigenvalue weighted by molar-refractivity contribution is 6.04. The van der Waals surface area contributed by atoms with E-state index in [1.807, 2.05) is 6.08 Å². The number of rotatable bonds is 4. The summed E-state index contributed by atoms with van der Waals surface area (Å²) in [4.78, 5) is 35.5. The van der Waals surface area contributed by atoms with Crippen LogP contribution in [0.1, 0.15) is 23.2 Å². The van der Waals surface area contributed by atoms with Crippen molar-refractivity contribution in [2.75, 3.05) is 12.4 Å². The maximum atomic E-state index is 12.4. The van der Waals surface area contributed by atoms with Crippen LogP contribution in [0, 0.1) is 11.8 Å². The average Bonchev–Trinajstić information content (AvgIpc) is 2.54. The van der Waals surface area contributed by atoms with E-state index in [1.165, 1.54) is 7.05 Å². The van der Waals surface area contributed by atoms with Crippen molar-refractivity contribution in [3.05, 3.63) is 42.0 Å². The van der Waals surface area contributed by atoms with Crippen LogP contribution in [0.4, 0.5) is 5.69 Å². The van der Waals surface area contributed by atoms with Crippen LogP contribution in [0.2, 0.25) is 0 Å². The maximum absolute atomic E-state index is 12.4. The van der Waals surface area contributed by atoms with E-state index in [-0.39, 0.29) is 11.8 Å². The topological polar surface area (TPSA) is 95.5 Å². The minimum atomic E-state index is -0.982. The number of carbonyl (C=O) groups excluding carboxylic acids is 2. The molecule has 0 saturated heterocycles. The molecule has 0 aromatic heterocycles. The molecule has 1 aromatic rings. The highest BCUT2D eigenvalue weighted by Gasteiger charge is 2.34. The monoisotopic (exact) mass is 302 g/mol. The zero-order valence-electron chi connectivity index (χ0n) is 12.2. The molecule has 2 rings (SSSR count). The Bertz CT molecular complexity index is 624. The van der Waals surface area contributed by atoms with E-state index in [1.54, 1.807) is 30.3 Å². The fraction of sp³-hybridized carbons (Fsp3) is 0.312. The number of amides is 2. The summed E-state index contributed by atoms with van der Waals surface area (Å²) in [6.45, 7) is 0. The molecule has 0 saturated carbocycles. The van der Waals surface area contributed by atoms with Gasteiger partial charge in [-0.15, -0.1) is 0 Å². The number of allylic oxidation sites excluding steroid dienone is 2. The molecule has 0 radical (unpaired) electrons. The van der Waals surface area contributed by atoms with Gasteiger partial charge in [-0.1, -0.05) is 24.3 Å². The summed E-state index contributed by atoms with van der Waals surface area (Å²) in [5, 5.41) is 14.4. The van der Waals surface area contributed by atoms with E-state index >= 15 is 0 Å². The van der Waals surface area contributed by atoms with Crippen molar-refractivity contribution in [3.8, 4) is 0 Å². The van der Waals surface area contributed by atoms with E-state index in [9.17, 15) is 19.5 Å². The van der Waals surface area contributed by atoms with Gasteiger partial charge in [-0.2, -0.15) is 0 Å². The summed E-state index contributed by atoms with van der Waals surface area (Å²) >= 11 is 0. The molecule has 1 aromatic carbocycles. The predicted octanol–water partition coefficient (Wildman–Crippen LogP) is 1.65. The fourth-order valence-electron chi connectivity index (χ4n) is 2.53. The standard InChI is InChI=1S/C16H18N2O4/c1-17-14(19)12-8-4-5-9-13(12)18-15(20)10-6-2-3-7-11(10)16(21)22/h2-5,8-11H,6-7H2,1H3,(H,17,19)(H,18,20)(H,21,22). The van der Waals surface area contributed by atoms with Gasteiger partial charge in [0, 0.05) is 7.05 Å². The Balaban J connectivity index is 2.20. The summed E-state index contributed by atoms with van der Waals surface area (Å²) in [5.41, 5.74) is 0.724. The van der Waals surface area contributed by atoms with Gasteiger partial charge in [0.25, 0.3) is 5.91 Å². The van der Waals surface area contributed by atoms with Crippen LogP contribution >= 0.6 is 0 Å². The number of aliphatic carboxylic acids is 1. The molecule has 1 aliphatic rings. The van der Waals surface area contributed by atoms with Gasteiger partial charge in [-0.25, -0.2) is 0 Å². The Labute approximate surface area is 128 Å². The van der Waals surface area contributed by atoms with Crippen LogP contribution in [0.3, 0.4) is 0 Å². The molecule has 0 fully saturated rings. The molecule has 0 heterocycles. The Morgan fingerprint density at radius 1 is 1.09 bits per heavy atom. The highest BCUT2D eigenvalue weighted by atomic mass is 16.4. The summed E-state index contributed by atoms with van der Waals surface area (Å²) in [5.74, 6) is -3.05. The molecular weight excluding hydrogens is 284 g/mol. The van der Waals surface area contributed by atoms with Gasteiger partial charge in [0.2, 0.25) is 5.91 Å². The molecule has 116 valence electrons. The molecule has 0 aliphatic heterocycles. The van der Waals surface area contributed by atoms with Crippen LogP contribution in [0.25, 0.3) is 0 Å². The largest absolute Gasteiger partial charge is 0.481 e. The second-order valence-electron chi connectivity index (χ2n) is 5.11. The SMILES string of the molecule is CNC(=O)c1ccccc1NC(=O)C1CC=CCC1C(=O)O. The van der Waals surface area contributed by atoms with E-state index < -0.39 is 17.8 Å². The molecule has 2 amide bonds. The number of anilines is 1. The minimum Gasteiger partial charge on any atom is -0.481 e. The lowest BCUT2D eigenvalue weighted by atomic mass is 9.82. The number of carboxylic acid groups (broad SMARTS) is 1. The fourth-order valence-corrected chi connectivity index (χ4v) is 2.53. The molecule has 0 spiro atoms. The summed E-state index contributed by atoms with van der Waals surface area (Å²) in [6.07, 6.45) is 4.31. The Morgan fingerprint density at radius 3 is 2.36 bits per heavy atom. The minimum absolute atomic E-state index is 0.311. The molecular formula is C16H18N2O4. The van der Waals surface area contributed by atoms with Crippen molar-refractivity contribution >= 4 is 23.5 Å². The Hall–Kier alpha value is -2.63. The molecule has 6 heteroatoms. The molecule has 6 nitrogen and oxygen atoms in total. The number of nitrogens with one attached hydrogen (secondary N) is 2. The van der Waals surface area contributed by atoms with E-state index in [0.717, 1.165) is 0 Å². The average molecular weight is 302 g/mol. The van der Waals surface area contributed by atoms with Crippen LogP contribution < -0.4 is 10.6 Å².